The predicted molar refractivity (Wildman–Crippen MR) is 99.3 cm³/mol. The summed E-state index contributed by atoms with van der Waals surface area (Å²) in [7, 11) is 1.84. The number of pyridine rings is 1. The quantitative estimate of drug-likeness (QED) is 0.786. The Morgan fingerprint density at radius 3 is 2.85 bits per heavy atom. The second-order valence-electron chi connectivity index (χ2n) is 6.73. The van der Waals surface area contributed by atoms with Crippen molar-refractivity contribution in [3.8, 4) is 0 Å². The van der Waals surface area contributed by atoms with Crippen molar-refractivity contribution in [2.75, 3.05) is 18.9 Å². The molecule has 1 atom stereocenters. The fourth-order valence-corrected chi connectivity index (χ4v) is 3.56. The van der Waals surface area contributed by atoms with Gasteiger partial charge in [-0.3, -0.25) is 4.79 Å². The van der Waals surface area contributed by atoms with Crippen molar-refractivity contribution in [1.29, 1.82) is 0 Å². The SMILES string of the molecule is CNc1cc([C@@H]2CCCN2C(=O)c2cn3cc(C)ccc3n2)nc(C)n1. The van der Waals surface area contributed by atoms with Crippen molar-refractivity contribution in [2.24, 2.45) is 0 Å². The molecule has 0 spiro atoms. The van der Waals surface area contributed by atoms with Crippen molar-refractivity contribution in [3.05, 3.63) is 53.4 Å². The van der Waals surface area contributed by atoms with Crippen LogP contribution in [-0.4, -0.2) is 43.8 Å². The van der Waals surface area contributed by atoms with E-state index in [0.29, 0.717) is 18.1 Å². The van der Waals surface area contributed by atoms with Gasteiger partial charge in [-0.25, -0.2) is 15.0 Å². The molecule has 3 aromatic rings. The fraction of sp³-hybridized carbons (Fsp3) is 0.368. The molecule has 26 heavy (non-hydrogen) atoms. The molecule has 0 radical (unpaired) electrons. The lowest BCUT2D eigenvalue weighted by Crippen LogP contribution is -2.31. The molecule has 1 N–H and O–H groups in total. The first-order chi connectivity index (χ1) is 12.5. The minimum Gasteiger partial charge on any atom is -0.373 e. The molecule has 0 unspecified atom stereocenters. The first-order valence-corrected chi connectivity index (χ1v) is 8.85. The summed E-state index contributed by atoms with van der Waals surface area (Å²) in [4.78, 5) is 28.4. The van der Waals surface area contributed by atoms with Gasteiger partial charge in [0.05, 0.1) is 11.7 Å². The summed E-state index contributed by atoms with van der Waals surface area (Å²) in [6.07, 6.45) is 5.65. The molecule has 4 rings (SSSR count). The van der Waals surface area contributed by atoms with Crippen LogP contribution in [0.5, 0.6) is 0 Å². The van der Waals surface area contributed by atoms with Crippen LogP contribution in [0.4, 0.5) is 5.82 Å². The van der Waals surface area contributed by atoms with Crippen LogP contribution in [0.15, 0.2) is 30.6 Å². The number of hydrogen-bond acceptors (Lipinski definition) is 5. The number of hydrogen-bond donors (Lipinski definition) is 1. The number of carbonyl (C=O) groups excluding carboxylic acids is 1. The summed E-state index contributed by atoms with van der Waals surface area (Å²) >= 11 is 0. The molecule has 134 valence electrons. The van der Waals surface area contributed by atoms with E-state index in [-0.39, 0.29) is 11.9 Å². The minimum absolute atomic E-state index is 0.0390. The molecule has 4 heterocycles. The zero-order chi connectivity index (χ0) is 18.3. The van der Waals surface area contributed by atoms with Gasteiger partial charge in [-0.05, 0) is 38.3 Å². The minimum atomic E-state index is -0.0453. The average molecular weight is 350 g/mol. The number of anilines is 1. The highest BCUT2D eigenvalue weighted by Crippen LogP contribution is 2.32. The molecule has 7 nitrogen and oxygen atoms in total. The maximum Gasteiger partial charge on any atom is 0.274 e. The second kappa shape index (κ2) is 6.40. The Balaban J connectivity index is 1.67. The van der Waals surface area contributed by atoms with Gasteiger partial charge in [0, 0.05) is 32.1 Å². The number of fused-ring (bicyclic) bond motifs is 1. The smallest absolute Gasteiger partial charge is 0.274 e. The van der Waals surface area contributed by atoms with Crippen molar-refractivity contribution in [2.45, 2.75) is 32.7 Å². The Morgan fingerprint density at radius 2 is 2.04 bits per heavy atom. The molecule has 3 aromatic heterocycles. The van der Waals surface area contributed by atoms with Crippen LogP contribution in [-0.2, 0) is 0 Å². The van der Waals surface area contributed by atoms with Crippen LogP contribution in [0.2, 0.25) is 0 Å². The number of amides is 1. The summed E-state index contributed by atoms with van der Waals surface area (Å²) in [5.74, 6) is 1.43. The highest BCUT2D eigenvalue weighted by atomic mass is 16.2. The third-order valence-electron chi connectivity index (χ3n) is 4.79. The molecule has 0 bridgehead atoms. The lowest BCUT2D eigenvalue weighted by Gasteiger charge is -2.24. The van der Waals surface area contributed by atoms with Crippen molar-refractivity contribution in [3.63, 3.8) is 0 Å². The van der Waals surface area contributed by atoms with Crippen LogP contribution in [0, 0.1) is 13.8 Å². The number of aromatic nitrogens is 4. The maximum atomic E-state index is 13.1. The van der Waals surface area contributed by atoms with Gasteiger partial charge < -0.3 is 14.6 Å². The van der Waals surface area contributed by atoms with E-state index in [2.05, 4.69) is 20.3 Å². The van der Waals surface area contributed by atoms with Gasteiger partial charge in [0.15, 0.2) is 0 Å². The molecule has 1 amide bonds. The average Bonchev–Trinajstić information content (AvgIpc) is 3.27. The van der Waals surface area contributed by atoms with E-state index in [1.807, 2.05) is 60.8 Å². The monoisotopic (exact) mass is 350 g/mol. The number of nitrogens with zero attached hydrogens (tertiary/aromatic N) is 5. The largest absolute Gasteiger partial charge is 0.373 e. The molecule has 0 saturated carbocycles. The van der Waals surface area contributed by atoms with E-state index < -0.39 is 0 Å². The van der Waals surface area contributed by atoms with E-state index >= 15 is 0 Å². The number of rotatable bonds is 3. The summed E-state index contributed by atoms with van der Waals surface area (Å²) in [6, 6.07) is 5.82. The van der Waals surface area contributed by atoms with Gasteiger partial charge in [0.25, 0.3) is 5.91 Å². The molecule has 1 aliphatic heterocycles. The number of imidazole rings is 1. The van der Waals surface area contributed by atoms with E-state index in [4.69, 9.17) is 0 Å². The van der Waals surface area contributed by atoms with Gasteiger partial charge in [-0.2, -0.15) is 0 Å². The maximum absolute atomic E-state index is 13.1. The molecule has 0 aliphatic carbocycles. The van der Waals surface area contributed by atoms with Crippen LogP contribution in [0.3, 0.4) is 0 Å². The van der Waals surface area contributed by atoms with Crippen molar-refractivity contribution in [1.82, 2.24) is 24.3 Å². The topological polar surface area (TPSA) is 75.4 Å². The Labute approximate surface area is 152 Å². The summed E-state index contributed by atoms with van der Waals surface area (Å²) < 4.78 is 1.90. The third-order valence-corrected chi connectivity index (χ3v) is 4.79. The molecular weight excluding hydrogens is 328 g/mol. The lowest BCUT2D eigenvalue weighted by atomic mass is 10.1. The van der Waals surface area contributed by atoms with Crippen molar-refractivity contribution < 1.29 is 4.79 Å². The van der Waals surface area contributed by atoms with Crippen LogP contribution < -0.4 is 5.32 Å². The molecule has 1 aliphatic rings. The Morgan fingerprint density at radius 1 is 1.19 bits per heavy atom. The molecule has 1 fully saturated rings. The van der Waals surface area contributed by atoms with Gasteiger partial charge in [-0.1, -0.05) is 6.07 Å². The third kappa shape index (κ3) is 2.89. The fourth-order valence-electron chi connectivity index (χ4n) is 3.56. The van der Waals surface area contributed by atoms with Crippen LogP contribution in [0.1, 0.15) is 46.5 Å². The van der Waals surface area contributed by atoms with Gasteiger partial charge in [-0.15, -0.1) is 0 Å². The zero-order valence-corrected chi connectivity index (χ0v) is 15.2. The summed E-state index contributed by atoms with van der Waals surface area (Å²) in [5.41, 5.74) is 3.27. The molecule has 0 aromatic carbocycles. The number of aryl methyl sites for hydroxylation is 2. The number of carbonyl (C=O) groups is 1. The Hall–Kier alpha value is -2.96. The Kier molecular flexibility index (Phi) is 4.06. The summed E-state index contributed by atoms with van der Waals surface area (Å²) in [6.45, 7) is 4.61. The van der Waals surface area contributed by atoms with Crippen LogP contribution in [0.25, 0.3) is 5.65 Å². The van der Waals surface area contributed by atoms with E-state index in [9.17, 15) is 4.79 Å². The lowest BCUT2D eigenvalue weighted by molar-refractivity contribution is 0.0727. The molecule has 1 saturated heterocycles. The Bertz CT molecular complexity index is 979. The predicted octanol–water partition coefficient (Wildman–Crippen LogP) is 2.76. The van der Waals surface area contributed by atoms with Gasteiger partial charge in [0.1, 0.15) is 23.0 Å². The van der Waals surface area contributed by atoms with Gasteiger partial charge >= 0.3 is 0 Å². The zero-order valence-electron chi connectivity index (χ0n) is 15.2. The van der Waals surface area contributed by atoms with E-state index in [0.717, 1.165) is 35.6 Å². The summed E-state index contributed by atoms with van der Waals surface area (Å²) in [5, 5.41) is 3.06. The normalized spacial score (nSPS) is 17.0. The highest BCUT2D eigenvalue weighted by Gasteiger charge is 2.33. The number of likely N-dealkylation sites (tertiary alicyclic amines) is 1. The number of nitrogens with one attached hydrogen (secondary N) is 1. The first-order valence-electron chi connectivity index (χ1n) is 8.85. The van der Waals surface area contributed by atoms with E-state index in [1.165, 1.54) is 0 Å². The van der Waals surface area contributed by atoms with Crippen molar-refractivity contribution >= 4 is 17.4 Å². The standard InChI is InChI=1S/C19H22N6O/c1-12-6-7-18-23-15(11-24(18)10-12)19(26)25-8-4-5-16(25)14-9-17(20-3)22-13(2)21-14/h6-7,9-11,16H,4-5,8H2,1-3H3,(H,20,21,22)/t16-/m0/s1. The molecule has 7 heteroatoms. The first kappa shape index (κ1) is 16.5. The second-order valence-corrected chi connectivity index (χ2v) is 6.73. The van der Waals surface area contributed by atoms with Crippen LogP contribution >= 0.6 is 0 Å². The molecular formula is C19H22N6O. The highest BCUT2D eigenvalue weighted by molar-refractivity contribution is 5.93. The van der Waals surface area contributed by atoms with Gasteiger partial charge in [0.2, 0.25) is 0 Å². The van der Waals surface area contributed by atoms with E-state index in [1.54, 1.807) is 0 Å².